The van der Waals surface area contributed by atoms with Crippen LogP contribution in [-0.4, -0.2) is 94.3 Å². The summed E-state index contributed by atoms with van der Waals surface area (Å²) in [6, 6.07) is 19.9. The number of aromatic nitrogens is 1. The molecule has 0 saturated carbocycles. The van der Waals surface area contributed by atoms with E-state index in [-0.39, 0.29) is 24.3 Å². The predicted octanol–water partition coefficient (Wildman–Crippen LogP) is 5.02. The Morgan fingerprint density at radius 3 is 2.06 bits per heavy atom. The third kappa shape index (κ3) is 11.8. The first-order chi connectivity index (χ1) is 25.7. The molecule has 12 heteroatoms. The number of amides is 5. The number of aliphatic hydroxyl groups excluding tert-OH is 1. The molecule has 3 aromatic rings. The van der Waals surface area contributed by atoms with Crippen LogP contribution in [0, 0.1) is 18.3 Å². The van der Waals surface area contributed by atoms with E-state index < -0.39 is 47.7 Å². The van der Waals surface area contributed by atoms with Gasteiger partial charge in [0.2, 0.25) is 11.8 Å². The first kappa shape index (κ1) is 41.8. The first-order valence-electron chi connectivity index (χ1n) is 18.9. The lowest BCUT2D eigenvalue weighted by Gasteiger charge is -2.35. The van der Waals surface area contributed by atoms with Gasteiger partial charge in [-0.05, 0) is 60.3 Å². The minimum absolute atomic E-state index is 0.0997. The molecule has 1 aliphatic heterocycles. The standard InChI is InChI=1S/C42H58N6O6/c1-8-28(2)36(48-22-21-47(41(48)53)27-32-20-19-29(3)43-26-32)38(50)45-34(24-31-17-13-10-14-18-31)35(49)25-33(23-30-15-11-9-12-16-30)44-39(51)37(42(4,5)6)46-40(52)54-7/h9-20,26,28,33-37,49H,8,21-25,27H2,1-7H3,(H,44,51)(H,45,50)(H,46,52). The normalized spacial score (nSPS) is 16.5. The molecule has 0 bridgehead atoms. The maximum absolute atomic E-state index is 14.4. The van der Waals surface area contributed by atoms with Crippen LogP contribution in [0.4, 0.5) is 9.59 Å². The SMILES string of the molecule is CCC(C)C(C(=O)NC(Cc1ccccc1)C(O)CC(Cc1ccccc1)NC(=O)C(NC(=O)OC)C(C)(C)C)N1CCN(Cc2ccc(C)nc2)C1=O. The van der Waals surface area contributed by atoms with Gasteiger partial charge in [-0.2, -0.15) is 0 Å². The Labute approximate surface area is 320 Å². The zero-order chi connectivity index (χ0) is 39.4. The van der Waals surface area contributed by atoms with E-state index >= 15 is 0 Å². The van der Waals surface area contributed by atoms with Crippen LogP contribution in [0.3, 0.4) is 0 Å². The molecule has 4 N–H and O–H groups in total. The molecule has 2 aromatic carbocycles. The Hall–Kier alpha value is -4.97. The quantitative estimate of drug-likeness (QED) is 0.152. The van der Waals surface area contributed by atoms with Crippen molar-refractivity contribution in [2.75, 3.05) is 20.2 Å². The van der Waals surface area contributed by atoms with Crippen molar-refractivity contribution in [1.82, 2.24) is 30.7 Å². The number of benzene rings is 2. The fourth-order valence-electron chi connectivity index (χ4n) is 6.85. The average Bonchev–Trinajstić information content (AvgIpc) is 3.49. The molecular weight excluding hydrogens is 684 g/mol. The maximum atomic E-state index is 14.4. The van der Waals surface area contributed by atoms with Gasteiger partial charge in [0.1, 0.15) is 12.1 Å². The number of urea groups is 1. The molecule has 4 rings (SSSR count). The van der Waals surface area contributed by atoms with E-state index in [2.05, 4.69) is 20.9 Å². The van der Waals surface area contributed by atoms with Gasteiger partial charge in [-0.15, -0.1) is 0 Å². The van der Waals surface area contributed by atoms with Gasteiger partial charge in [0.15, 0.2) is 0 Å². The summed E-state index contributed by atoms with van der Waals surface area (Å²) in [5, 5.41) is 20.9. The largest absolute Gasteiger partial charge is 0.453 e. The Morgan fingerprint density at radius 2 is 1.50 bits per heavy atom. The van der Waals surface area contributed by atoms with Crippen LogP contribution in [0.2, 0.25) is 0 Å². The second kappa shape index (κ2) is 19.4. The molecule has 1 aliphatic rings. The van der Waals surface area contributed by atoms with E-state index in [0.717, 1.165) is 22.4 Å². The van der Waals surface area contributed by atoms with Crippen molar-refractivity contribution < 1.29 is 29.0 Å². The molecule has 12 nitrogen and oxygen atoms in total. The van der Waals surface area contributed by atoms with Gasteiger partial charge in [0.05, 0.1) is 19.3 Å². The van der Waals surface area contributed by atoms with Crippen molar-refractivity contribution in [2.24, 2.45) is 11.3 Å². The van der Waals surface area contributed by atoms with Crippen LogP contribution in [-0.2, 0) is 33.7 Å². The Kier molecular flexibility index (Phi) is 15.0. The molecule has 6 atom stereocenters. The van der Waals surface area contributed by atoms with Gasteiger partial charge in [-0.3, -0.25) is 14.6 Å². The number of hydrogen-bond donors (Lipinski definition) is 4. The molecule has 54 heavy (non-hydrogen) atoms. The van der Waals surface area contributed by atoms with E-state index in [4.69, 9.17) is 4.74 Å². The second-order valence-electron chi connectivity index (χ2n) is 15.5. The third-order valence-corrected chi connectivity index (χ3v) is 10.1. The topological polar surface area (TPSA) is 153 Å². The molecule has 1 saturated heterocycles. The summed E-state index contributed by atoms with van der Waals surface area (Å²) < 4.78 is 4.80. The number of alkyl carbamates (subject to hydrolysis) is 1. The zero-order valence-electron chi connectivity index (χ0n) is 32.7. The minimum Gasteiger partial charge on any atom is -0.453 e. The van der Waals surface area contributed by atoms with Gasteiger partial charge in [0, 0.05) is 37.6 Å². The summed E-state index contributed by atoms with van der Waals surface area (Å²) in [5.74, 6) is -0.915. The Balaban J connectivity index is 1.59. The summed E-state index contributed by atoms with van der Waals surface area (Å²) in [4.78, 5) is 62.0. The fraction of sp³-hybridized carbons (Fsp3) is 0.500. The van der Waals surface area contributed by atoms with Crippen molar-refractivity contribution in [2.45, 2.75) is 104 Å². The number of carbonyl (C=O) groups is 4. The van der Waals surface area contributed by atoms with Gasteiger partial charge >= 0.3 is 12.1 Å². The molecule has 292 valence electrons. The summed E-state index contributed by atoms with van der Waals surface area (Å²) >= 11 is 0. The number of pyridine rings is 1. The molecule has 1 fully saturated rings. The monoisotopic (exact) mass is 742 g/mol. The lowest BCUT2D eigenvalue weighted by atomic mass is 9.85. The fourth-order valence-corrected chi connectivity index (χ4v) is 6.85. The smallest absolute Gasteiger partial charge is 0.407 e. The van der Waals surface area contributed by atoms with Crippen LogP contribution in [0.5, 0.6) is 0 Å². The second-order valence-corrected chi connectivity index (χ2v) is 15.5. The van der Waals surface area contributed by atoms with Crippen LogP contribution in [0.15, 0.2) is 79.0 Å². The number of carbonyl (C=O) groups excluding carboxylic acids is 4. The minimum atomic E-state index is -1.10. The highest BCUT2D eigenvalue weighted by Gasteiger charge is 2.41. The molecule has 1 aromatic heterocycles. The van der Waals surface area contributed by atoms with Gasteiger partial charge < -0.3 is 35.6 Å². The van der Waals surface area contributed by atoms with Gasteiger partial charge in [-0.1, -0.05) is 108 Å². The Bertz CT molecular complexity index is 1670. The summed E-state index contributed by atoms with van der Waals surface area (Å²) in [7, 11) is 1.24. The highest BCUT2D eigenvalue weighted by Crippen LogP contribution is 2.24. The molecule has 0 aliphatic carbocycles. The van der Waals surface area contributed by atoms with Crippen molar-refractivity contribution in [3.63, 3.8) is 0 Å². The average molecular weight is 743 g/mol. The van der Waals surface area contributed by atoms with Crippen molar-refractivity contribution in [3.05, 3.63) is 101 Å². The number of aliphatic hydroxyl groups is 1. The zero-order valence-corrected chi connectivity index (χ0v) is 32.7. The molecular formula is C42H58N6O6. The number of nitrogens with one attached hydrogen (secondary N) is 3. The van der Waals surface area contributed by atoms with Crippen LogP contribution in [0.1, 0.15) is 69.8 Å². The maximum Gasteiger partial charge on any atom is 0.407 e. The van der Waals surface area contributed by atoms with Crippen molar-refractivity contribution in [3.8, 4) is 0 Å². The molecule has 0 radical (unpaired) electrons. The number of hydrogen-bond acceptors (Lipinski definition) is 7. The Morgan fingerprint density at radius 1 is 0.870 bits per heavy atom. The summed E-state index contributed by atoms with van der Waals surface area (Å²) in [6.07, 6.45) is 1.43. The molecule has 5 amide bonds. The third-order valence-electron chi connectivity index (χ3n) is 10.1. The lowest BCUT2D eigenvalue weighted by molar-refractivity contribution is -0.129. The summed E-state index contributed by atoms with van der Waals surface area (Å²) in [6.45, 7) is 12.7. The number of methoxy groups -OCH3 is 1. The first-order valence-corrected chi connectivity index (χ1v) is 18.9. The summed E-state index contributed by atoms with van der Waals surface area (Å²) in [5.41, 5.74) is 3.02. The van der Waals surface area contributed by atoms with E-state index in [0.29, 0.717) is 38.9 Å². The van der Waals surface area contributed by atoms with E-state index in [1.807, 2.05) is 114 Å². The van der Waals surface area contributed by atoms with Crippen LogP contribution < -0.4 is 16.0 Å². The highest BCUT2D eigenvalue weighted by atomic mass is 16.5. The molecule has 2 heterocycles. The number of aryl methyl sites for hydroxylation is 1. The van der Waals surface area contributed by atoms with Gasteiger partial charge in [-0.25, -0.2) is 9.59 Å². The lowest BCUT2D eigenvalue weighted by Crippen LogP contribution is -2.58. The predicted molar refractivity (Wildman–Crippen MR) is 208 cm³/mol. The van der Waals surface area contributed by atoms with E-state index in [9.17, 15) is 24.3 Å². The van der Waals surface area contributed by atoms with Crippen molar-refractivity contribution >= 4 is 23.9 Å². The number of ether oxygens (including phenoxy) is 1. The van der Waals surface area contributed by atoms with E-state index in [1.54, 1.807) is 16.0 Å². The molecule has 0 spiro atoms. The van der Waals surface area contributed by atoms with Crippen LogP contribution in [0.25, 0.3) is 0 Å². The highest BCUT2D eigenvalue weighted by molar-refractivity contribution is 5.89. The van der Waals surface area contributed by atoms with E-state index in [1.165, 1.54) is 7.11 Å². The van der Waals surface area contributed by atoms with Crippen molar-refractivity contribution in [1.29, 1.82) is 0 Å². The van der Waals surface area contributed by atoms with Crippen LogP contribution >= 0.6 is 0 Å². The number of rotatable bonds is 17. The molecule has 6 unspecified atom stereocenters. The number of nitrogens with zero attached hydrogens (tertiary/aromatic N) is 3. The van der Waals surface area contributed by atoms with Gasteiger partial charge in [0.25, 0.3) is 0 Å².